The summed E-state index contributed by atoms with van der Waals surface area (Å²) in [5.41, 5.74) is 0. The standard InChI is InChI=1S/C30H52O14/c1-6-7-8-9-10-11-12-13-21(33)39-15-20-24(41-27(37)17(2)3)25(42-28(38)18(4)5)23(35)29(40-20)44-30(16-32)26(36)22(34)19(14-31)43-30/h17-20,22-26,29,31-32,34-36H,6-16H2,1-5H3/t19-,20-,22-,23-,24-,25-,26+,29-,30+/m1/s1. The fraction of sp³-hybridized carbons (Fsp3) is 0.900. The minimum atomic E-state index is -2.36. The van der Waals surface area contributed by atoms with Gasteiger partial charge in [0, 0.05) is 6.42 Å². The molecule has 256 valence electrons. The predicted octanol–water partition coefficient (Wildman–Crippen LogP) is 0.710. The number of hydrogen-bond donors (Lipinski definition) is 5. The zero-order valence-electron chi connectivity index (χ0n) is 26.5. The Bertz CT molecular complexity index is 897. The van der Waals surface area contributed by atoms with Gasteiger partial charge in [-0.2, -0.15) is 0 Å². The minimum Gasteiger partial charge on any atom is -0.463 e. The lowest BCUT2D eigenvalue weighted by molar-refractivity contribution is -0.384. The molecule has 44 heavy (non-hydrogen) atoms. The molecule has 5 N–H and O–H groups in total. The van der Waals surface area contributed by atoms with Crippen LogP contribution >= 0.6 is 0 Å². The number of unbranched alkanes of at least 4 members (excludes halogenated alkanes) is 6. The zero-order valence-corrected chi connectivity index (χ0v) is 26.5. The number of ether oxygens (including phenoxy) is 6. The third kappa shape index (κ3) is 10.3. The fourth-order valence-electron chi connectivity index (χ4n) is 4.88. The molecular weight excluding hydrogens is 584 g/mol. The van der Waals surface area contributed by atoms with Crippen LogP contribution in [-0.2, 0) is 42.8 Å². The van der Waals surface area contributed by atoms with Crippen LogP contribution in [0.3, 0.4) is 0 Å². The van der Waals surface area contributed by atoms with Crippen LogP contribution in [0.1, 0.15) is 86.0 Å². The Balaban J connectivity index is 2.28. The maximum absolute atomic E-state index is 12.7. The molecule has 2 heterocycles. The van der Waals surface area contributed by atoms with Gasteiger partial charge in [-0.1, -0.05) is 73.1 Å². The van der Waals surface area contributed by atoms with Gasteiger partial charge in [0.25, 0.3) is 0 Å². The van der Waals surface area contributed by atoms with Gasteiger partial charge in [-0.15, -0.1) is 0 Å². The molecule has 0 spiro atoms. The number of hydrogen-bond acceptors (Lipinski definition) is 14. The van der Waals surface area contributed by atoms with Crippen molar-refractivity contribution >= 4 is 17.9 Å². The first-order chi connectivity index (χ1) is 20.8. The monoisotopic (exact) mass is 636 g/mol. The van der Waals surface area contributed by atoms with Crippen LogP contribution in [0.25, 0.3) is 0 Å². The summed E-state index contributed by atoms with van der Waals surface area (Å²) in [5, 5.41) is 51.8. The number of aliphatic hydroxyl groups is 5. The van der Waals surface area contributed by atoms with E-state index in [4.69, 9.17) is 28.4 Å². The van der Waals surface area contributed by atoms with E-state index in [0.717, 1.165) is 32.1 Å². The van der Waals surface area contributed by atoms with Crippen molar-refractivity contribution in [2.45, 2.75) is 141 Å². The van der Waals surface area contributed by atoms with Crippen molar-refractivity contribution in [1.82, 2.24) is 0 Å². The van der Waals surface area contributed by atoms with Gasteiger partial charge in [-0.25, -0.2) is 0 Å². The van der Waals surface area contributed by atoms with Gasteiger partial charge in [-0.3, -0.25) is 14.4 Å². The smallest absolute Gasteiger partial charge is 0.308 e. The van der Waals surface area contributed by atoms with Gasteiger partial charge in [0.05, 0.1) is 18.4 Å². The maximum Gasteiger partial charge on any atom is 0.308 e. The summed E-state index contributed by atoms with van der Waals surface area (Å²) in [5.74, 6) is -5.60. The first-order valence-corrected chi connectivity index (χ1v) is 15.6. The molecule has 2 saturated heterocycles. The molecule has 0 aliphatic carbocycles. The van der Waals surface area contributed by atoms with Gasteiger partial charge in [0.2, 0.25) is 5.79 Å². The zero-order chi connectivity index (χ0) is 33.0. The Kier molecular flexibility index (Phi) is 15.9. The highest BCUT2D eigenvalue weighted by Gasteiger charge is 2.59. The quantitative estimate of drug-likeness (QED) is 0.0798. The molecule has 0 aromatic carbocycles. The lowest BCUT2D eigenvalue weighted by atomic mass is 9.97. The molecular formula is C30H52O14. The molecule has 0 aromatic heterocycles. The second kappa shape index (κ2) is 18.3. The number of carbonyl (C=O) groups is 3. The third-order valence-corrected chi connectivity index (χ3v) is 7.68. The molecule has 0 radical (unpaired) electrons. The lowest BCUT2D eigenvalue weighted by Crippen LogP contribution is -2.64. The van der Waals surface area contributed by atoms with Gasteiger partial charge in [0.15, 0.2) is 18.5 Å². The molecule has 2 aliphatic heterocycles. The summed E-state index contributed by atoms with van der Waals surface area (Å²) >= 11 is 0. The molecule has 0 aromatic rings. The van der Waals surface area contributed by atoms with Crippen molar-refractivity contribution < 1.29 is 68.3 Å². The second-order valence-electron chi connectivity index (χ2n) is 12.1. The molecule has 14 heteroatoms. The van der Waals surface area contributed by atoms with Crippen LogP contribution in [0.5, 0.6) is 0 Å². The molecule has 2 rings (SSSR count). The average molecular weight is 637 g/mol. The highest BCUT2D eigenvalue weighted by atomic mass is 16.8. The van der Waals surface area contributed by atoms with E-state index in [1.165, 1.54) is 6.42 Å². The van der Waals surface area contributed by atoms with E-state index in [-0.39, 0.29) is 6.42 Å². The highest BCUT2D eigenvalue weighted by molar-refractivity contribution is 5.73. The molecule has 9 atom stereocenters. The molecule has 0 unspecified atom stereocenters. The lowest BCUT2D eigenvalue weighted by Gasteiger charge is -2.45. The maximum atomic E-state index is 12.7. The Morgan fingerprint density at radius 3 is 1.89 bits per heavy atom. The van der Waals surface area contributed by atoms with Crippen molar-refractivity contribution in [1.29, 1.82) is 0 Å². The number of carbonyl (C=O) groups excluding carboxylic acids is 3. The Hall–Kier alpha value is -1.91. The van der Waals surface area contributed by atoms with E-state index >= 15 is 0 Å². The fourth-order valence-corrected chi connectivity index (χ4v) is 4.88. The second-order valence-corrected chi connectivity index (χ2v) is 12.1. The van der Waals surface area contributed by atoms with Crippen LogP contribution in [0.2, 0.25) is 0 Å². The molecule has 14 nitrogen and oxygen atoms in total. The largest absolute Gasteiger partial charge is 0.463 e. The minimum absolute atomic E-state index is 0.138. The molecule has 0 saturated carbocycles. The summed E-state index contributed by atoms with van der Waals surface area (Å²) in [7, 11) is 0. The molecule has 2 aliphatic rings. The van der Waals surface area contributed by atoms with Crippen molar-refractivity contribution in [3.05, 3.63) is 0 Å². The Morgan fingerprint density at radius 1 is 0.795 bits per heavy atom. The number of esters is 3. The van der Waals surface area contributed by atoms with E-state index in [9.17, 15) is 39.9 Å². The van der Waals surface area contributed by atoms with Crippen LogP contribution in [0.4, 0.5) is 0 Å². The van der Waals surface area contributed by atoms with Crippen LogP contribution in [0.15, 0.2) is 0 Å². The topological polar surface area (TPSA) is 208 Å². The van der Waals surface area contributed by atoms with E-state index in [1.807, 2.05) is 0 Å². The first kappa shape index (κ1) is 38.3. The predicted molar refractivity (Wildman–Crippen MR) is 153 cm³/mol. The Labute approximate surface area is 258 Å². The van der Waals surface area contributed by atoms with Crippen molar-refractivity contribution in [2.75, 3.05) is 19.8 Å². The highest BCUT2D eigenvalue weighted by Crippen LogP contribution is 2.37. The number of rotatable bonds is 18. The van der Waals surface area contributed by atoms with Crippen LogP contribution in [-0.4, -0.2) is 118 Å². The van der Waals surface area contributed by atoms with E-state index in [1.54, 1.807) is 27.7 Å². The summed E-state index contributed by atoms with van der Waals surface area (Å²) in [6, 6.07) is 0. The molecule has 0 bridgehead atoms. The van der Waals surface area contributed by atoms with Crippen molar-refractivity contribution in [3.8, 4) is 0 Å². The van der Waals surface area contributed by atoms with Crippen LogP contribution < -0.4 is 0 Å². The average Bonchev–Trinajstić information content (AvgIpc) is 3.23. The third-order valence-electron chi connectivity index (χ3n) is 7.68. The summed E-state index contributed by atoms with van der Waals surface area (Å²) in [6.45, 7) is 6.16. The normalized spacial score (nSPS) is 32.2. The van der Waals surface area contributed by atoms with Gasteiger partial charge < -0.3 is 54.0 Å². The molecule has 2 fully saturated rings. The van der Waals surface area contributed by atoms with Crippen molar-refractivity contribution in [2.24, 2.45) is 11.8 Å². The summed E-state index contributed by atoms with van der Waals surface area (Å²) < 4.78 is 33.6. The molecule has 0 amide bonds. The van der Waals surface area contributed by atoms with E-state index in [0.29, 0.717) is 6.42 Å². The van der Waals surface area contributed by atoms with E-state index in [2.05, 4.69) is 6.92 Å². The summed E-state index contributed by atoms with van der Waals surface area (Å²) in [4.78, 5) is 37.9. The van der Waals surface area contributed by atoms with Gasteiger partial charge in [0.1, 0.15) is 43.7 Å². The number of aliphatic hydroxyl groups excluding tert-OH is 5. The van der Waals surface area contributed by atoms with E-state index < -0.39 is 104 Å². The Morgan fingerprint density at radius 2 is 1.36 bits per heavy atom. The SMILES string of the molecule is CCCCCCCCCC(=O)OC[C@H]1O[C@H](O[C@]2(CO)O[C@H](CO)[C@@H](O)[C@@H]2O)[C@H](O)[C@@H](OC(=O)C(C)C)[C@@H]1OC(=O)C(C)C. The van der Waals surface area contributed by atoms with Crippen molar-refractivity contribution in [3.63, 3.8) is 0 Å². The van der Waals surface area contributed by atoms with Gasteiger partial charge in [-0.05, 0) is 6.42 Å². The van der Waals surface area contributed by atoms with Crippen LogP contribution in [0, 0.1) is 11.8 Å². The first-order valence-electron chi connectivity index (χ1n) is 15.6. The van der Waals surface area contributed by atoms with Gasteiger partial charge >= 0.3 is 17.9 Å². The summed E-state index contributed by atoms with van der Waals surface area (Å²) in [6.07, 6.45) is -5.77.